The van der Waals surface area contributed by atoms with Gasteiger partial charge in [0.15, 0.2) is 5.76 Å². The van der Waals surface area contributed by atoms with Crippen molar-refractivity contribution in [1.29, 1.82) is 0 Å². The Morgan fingerprint density at radius 1 is 0.931 bits per heavy atom. The number of anilines is 1. The summed E-state index contributed by atoms with van der Waals surface area (Å²) in [6.45, 7) is 0.172. The van der Waals surface area contributed by atoms with Crippen molar-refractivity contribution in [3.05, 3.63) is 95.7 Å². The van der Waals surface area contributed by atoms with Gasteiger partial charge in [0.25, 0.3) is 5.91 Å². The second-order valence-corrected chi connectivity index (χ2v) is 6.41. The lowest BCUT2D eigenvalue weighted by Crippen LogP contribution is -2.15. The van der Waals surface area contributed by atoms with Crippen LogP contribution in [0.2, 0.25) is 0 Å². The number of carbonyl (C=O) groups excluding carboxylic acids is 2. The number of ether oxygens (including phenoxy) is 1. The van der Waals surface area contributed by atoms with Gasteiger partial charge in [-0.05, 0) is 36.4 Å². The van der Waals surface area contributed by atoms with E-state index in [-0.39, 0.29) is 12.4 Å². The first-order valence-corrected chi connectivity index (χ1v) is 9.01. The molecule has 4 rings (SSSR count). The van der Waals surface area contributed by atoms with Gasteiger partial charge >= 0.3 is 0 Å². The molecule has 0 unspecified atom stereocenters. The molecule has 4 aromatic rings. The smallest absolute Gasteiger partial charge is 0.291 e. The van der Waals surface area contributed by atoms with Gasteiger partial charge in [-0.3, -0.25) is 9.59 Å². The van der Waals surface area contributed by atoms with Crippen LogP contribution in [-0.4, -0.2) is 11.8 Å². The Morgan fingerprint density at radius 3 is 2.48 bits per heavy atom. The van der Waals surface area contributed by atoms with E-state index in [1.54, 1.807) is 24.3 Å². The summed E-state index contributed by atoms with van der Waals surface area (Å²) in [7, 11) is 0. The first-order valence-electron chi connectivity index (χ1n) is 9.01. The van der Waals surface area contributed by atoms with E-state index in [1.165, 1.54) is 6.07 Å². The molecular weight excluding hydrogens is 368 g/mol. The van der Waals surface area contributed by atoms with Gasteiger partial charge in [-0.15, -0.1) is 0 Å². The van der Waals surface area contributed by atoms with Crippen LogP contribution in [0.4, 0.5) is 5.69 Å². The largest absolute Gasteiger partial charge is 0.489 e. The van der Waals surface area contributed by atoms with E-state index in [1.807, 2.05) is 48.5 Å². The first-order chi connectivity index (χ1) is 14.1. The minimum atomic E-state index is -0.568. The zero-order valence-electron chi connectivity index (χ0n) is 15.4. The van der Waals surface area contributed by atoms with Crippen LogP contribution in [0.25, 0.3) is 11.0 Å². The Kier molecular flexibility index (Phi) is 4.99. The Bertz CT molecular complexity index is 1180. The number of hydrogen-bond donors (Lipinski definition) is 2. The second-order valence-electron chi connectivity index (χ2n) is 6.41. The summed E-state index contributed by atoms with van der Waals surface area (Å²) in [5.41, 5.74) is 7.30. The molecule has 29 heavy (non-hydrogen) atoms. The number of para-hydroxylation sites is 2. The number of hydrogen-bond acceptors (Lipinski definition) is 4. The van der Waals surface area contributed by atoms with Crippen molar-refractivity contribution in [3.8, 4) is 5.75 Å². The number of carbonyl (C=O) groups is 2. The van der Waals surface area contributed by atoms with Gasteiger partial charge < -0.3 is 20.2 Å². The third-order valence-electron chi connectivity index (χ3n) is 4.44. The van der Waals surface area contributed by atoms with E-state index in [2.05, 4.69) is 5.32 Å². The quantitative estimate of drug-likeness (QED) is 0.515. The number of nitrogens with two attached hydrogens (primary N) is 1. The Labute approximate surface area is 166 Å². The second kappa shape index (κ2) is 7.90. The van der Waals surface area contributed by atoms with Crippen molar-refractivity contribution in [3.63, 3.8) is 0 Å². The van der Waals surface area contributed by atoms with Crippen molar-refractivity contribution in [1.82, 2.24) is 0 Å². The summed E-state index contributed by atoms with van der Waals surface area (Å²) in [6, 6.07) is 23.2. The van der Waals surface area contributed by atoms with Crippen molar-refractivity contribution in [2.24, 2.45) is 5.73 Å². The molecule has 0 fully saturated rings. The molecule has 144 valence electrons. The molecule has 0 aliphatic carbocycles. The van der Waals surface area contributed by atoms with Crippen LogP contribution in [0, 0.1) is 0 Å². The maximum Gasteiger partial charge on any atom is 0.291 e. The molecule has 6 heteroatoms. The van der Waals surface area contributed by atoms with E-state index in [0.29, 0.717) is 28.1 Å². The molecule has 3 N–H and O–H groups in total. The molecule has 0 bridgehead atoms. The fraction of sp³-hybridized carbons (Fsp3) is 0.0435. The molecule has 6 nitrogen and oxygen atoms in total. The van der Waals surface area contributed by atoms with Gasteiger partial charge in [-0.2, -0.15) is 0 Å². The van der Waals surface area contributed by atoms with Crippen molar-refractivity contribution < 1.29 is 18.7 Å². The Morgan fingerprint density at radius 2 is 1.69 bits per heavy atom. The van der Waals surface area contributed by atoms with E-state index >= 15 is 0 Å². The molecule has 0 aliphatic heterocycles. The summed E-state index contributed by atoms with van der Waals surface area (Å²) in [5, 5.41) is 3.56. The average Bonchev–Trinajstić information content (AvgIpc) is 3.12. The van der Waals surface area contributed by atoms with Crippen molar-refractivity contribution in [2.45, 2.75) is 6.61 Å². The summed E-state index contributed by atoms with van der Waals surface area (Å²) in [6.07, 6.45) is 0. The van der Waals surface area contributed by atoms with Crippen LogP contribution in [0.3, 0.4) is 0 Å². The zero-order chi connectivity index (χ0) is 20.2. The molecule has 0 atom stereocenters. The van der Waals surface area contributed by atoms with Crippen molar-refractivity contribution in [2.75, 3.05) is 5.32 Å². The molecule has 0 radical (unpaired) electrons. The molecule has 2 amide bonds. The van der Waals surface area contributed by atoms with Gasteiger partial charge in [0, 0.05) is 22.2 Å². The van der Waals surface area contributed by atoms with Crippen LogP contribution in [0.1, 0.15) is 26.5 Å². The summed E-state index contributed by atoms with van der Waals surface area (Å²) in [5.74, 6) is -0.152. The van der Waals surface area contributed by atoms with E-state index in [0.717, 1.165) is 5.39 Å². The number of amides is 2. The van der Waals surface area contributed by atoms with Crippen LogP contribution in [-0.2, 0) is 6.61 Å². The SMILES string of the molecule is NC(=O)c1cccc(NC(=O)c2oc3ccccc3c2COc2ccccc2)c1. The van der Waals surface area contributed by atoms with E-state index in [9.17, 15) is 9.59 Å². The predicted octanol–water partition coefficient (Wildman–Crippen LogP) is 4.36. The van der Waals surface area contributed by atoms with Gasteiger partial charge in [0.1, 0.15) is 17.9 Å². The molecule has 0 aliphatic rings. The number of primary amides is 1. The fourth-order valence-electron chi connectivity index (χ4n) is 3.04. The van der Waals surface area contributed by atoms with Crippen LogP contribution < -0.4 is 15.8 Å². The molecule has 1 aromatic heterocycles. The summed E-state index contributed by atoms with van der Waals surface area (Å²) < 4.78 is 11.7. The maximum atomic E-state index is 12.9. The number of benzene rings is 3. The van der Waals surface area contributed by atoms with Crippen LogP contribution >= 0.6 is 0 Å². The molecule has 3 aromatic carbocycles. The van der Waals surface area contributed by atoms with Crippen molar-refractivity contribution >= 4 is 28.5 Å². The molecule has 1 heterocycles. The van der Waals surface area contributed by atoms with Crippen LogP contribution in [0.15, 0.2) is 83.3 Å². The lowest BCUT2D eigenvalue weighted by Gasteiger charge is -2.08. The topological polar surface area (TPSA) is 94.6 Å². The standard InChI is InChI=1S/C23H18N2O4/c24-22(26)15-7-6-8-16(13-15)25-23(27)21-19(14-28-17-9-2-1-3-10-17)18-11-4-5-12-20(18)29-21/h1-13H,14H2,(H2,24,26)(H,25,27). The third-order valence-corrected chi connectivity index (χ3v) is 4.44. The lowest BCUT2D eigenvalue weighted by atomic mass is 10.1. The van der Waals surface area contributed by atoms with E-state index in [4.69, 9.17) is 14.9 Å². The summed E-state index contributed by atoms with van der Waals surface area (Å²) in [4.78, 5) is 24.3. The Hall–Kier alpha value is -4.06. The van der Waals surface area contributed by atoms with Gasteiger partial charge in [-0.25, -0.2) is 0 Å². The van der Waals surface area contributed by atoms with Gasteiger partial charge in [0.2, 0.25) is 5.91 Å². The fourth-order valence-corrected chi connectivity index (χ4v) is 3.04. The van der Waals surface area contributed by atoms with Crippen LogP contribution in [0.5, 0.6) is 5.75 Å². The minimum absolute atomic E-state index is 0.159. The highest BCUT2D eigenvalue weighted by molar-refractivity contribution is 6.07. The summed E-state index contributed by atoms with van der Waals surface area (Å²) >= 11 is 0. The molecule has 0 saturated heterocycles. The van der Waals surface area contributed by atoms with Gasteiger partial charge in [-0.1, -0.05) is 42.5 Å². The average molecular weight is 386 g/mol. The highest BCUT2D eigenvalue weighted by atomic mass is 16.5. The molecule has 0 saturated carbocycles. The number of rotatable bonds is 6. The van der Waals surface area contributed by atoms with Gasteiger partial charge in [0.05, 0.1) is 0 Å². The first kappa shape index (κ1) is 18.3. The normalized spacial score (nSPS) is 10.6. The Balaban J connectivity index is 1.64. The maximum absolute atomic E-state index is 12.9. The number of fused-ring (bicyclic) bond motifs is 1. The zero-order valence-corrected chi connectivity index (χ0v) is 15.4. The highest BCUT2D eigenvalue weighted by Gasteiger charge is 2.21. The predicted molar refractivity (Wildman–Crippen MR) is 110 cm³/mol. The molecular formula is C23H18N2O4. The monoisotopic (exact) mass is 386 g/mol. The lowest BCUT2D eigenvalue weighted by molar-refractivity contribution is 0.0987. The number of nitrogens with one attached hydrogen (secondary N) is 1. The third kappa shape index (κ3) is 3.96. The highest BCUT2D eigenvalue weighted by Crippen LogP contribution is 2.28. The van der Waals surface area contributed by atoms with E-state index < -0.39 is 11.8 Å². The minimum Gasteiger partial charge on any atom is -0.489 e. The molecule has 0 spiro atoms. The number of furan rings is 1.